The van der Waals surface area contributed by atoms with Gasteiger partial charge in [-0.1, -0.05) is 0 Å². The van der Waals surface area contributed by atoms with E-state index in [0.29, 0.717) is 0 Å². The van der Waals surface area contributed by atoms with E-state index < -0.39 is 11.6 Å². The number of benzene rings is 1. The van der Waals surface area contributed by atoms with Gasteiger partial charge in [0.1, 0.15) is 11.6 Å². The van der Waals surface area contributed by atoms with Crippen LogP contribution in [-0.2, 0) is 0 Å². The molecule has 0 fully saturated rings. The third-order valence-electron chi connectivity index (χ3n) is 0.908. The highest BCUT2D eigenvalue weighted by molar-refractivity contribution is 7.80. The van der Waals surface area contributed by atoms with Crippen molar-refractivity contribution in [2.75, 3.05) is 0 Å². The first-order valence-corrected chi connectivity index (χ1v) is 2.79. The first-order chi connectivity index (χ1) is 4.20. The standard InChI is InChI=1S/C6H4F2S/c7-4-1-2-5(8)6(9)3-4/h1-3,9H. The molecule has 3 heteroatoms. The van der Waals surface area contributed by atoms with Crippen LogP contribution in [-0.4, -0.2) is 0 Å². The molecule has 0 amide bonds. The lowest BCUT2D eigenvalue weighted by Crippen LogP contribution is -1.78. The maximum absolute atomic E-state index is 12.3. The van der Waals surface area contributed by atoms with E-state index in [9.17, 15) is 8.78 Å². The average Bonchev–Trinajstić information content (AvgIpc) is 1.80. The van der Waals surface area contributed by atoms with Gasteiger partial charge in [-0.15, -0.1) is 12.6 Å². The predicted octanol–water partition coefficient (Wildman–Crippen LogP) is 2.25. The highest BCUT2D eigenvalue weighted by Crippen LogP contribution is 2.12. The summed E-state index contributed by atoms with van der Waals surface area (Å²) in [7, 11) is 0. The van der Waals surface area contributed by atoms with Crippen molar-refractivity contribution in [3.8, 4) is 0 Å². The lowest BCUT2D eigenvalue weighted by atomic mass is 10.3. The molecular formula is C6H4F2S. The molecule has 0 saturated heterocycles. The van der Waals surface area contributed by atoms with Crippen LogP contribution in [0.3, 0.4) is 0 Å². The summed E-state index contributed by atoms with van der Waals surface area (Å²) in [6, 6.07) is 3.12. The summed E-state index contributed by atoms with van der Waals surface area (Å²) in [6.45, 7) is 0. The minimum Gasteiger partial charge on any atom is -0.207 e. The molecule has 0 aliphatic carbocycles. The smallest absolute Gasteiger partial charge is 0.136 e. The zero-order valence-electron chi connectivity index (χ0n) is 4.44. The minimum absolute atomic E-state index is 0.0370. The van der Waals surface area contributed by atoms with Gasteiger partial charge in [0, 0.05) is 4.90 Å². The molecule has 1 aromatic carbocycles. The molecule has 0 aliphatic heterocycles. The van der Waals surface area contributed by atoms with Crippen LogP contribution in [0.25, 0.3) is 0 Å². The molecule has 0 saturated carbocycles. The van der Waals surface area contributed by atoms with Crippen LogP contribution in [0.4, 0.5) is 8.78 Å². The van der Waals surface area contributed by atoms with Crippen molar-refractivity contribution in [2.24, 2.45) is 0 Å². The van der Waals surface area contributed by atoms with Crippen LogP contribution >= 0.6 is 12.6 Å². The van der Waals surface area contributed by atoms with Crippen LogP contribution in [0.2, 0.25) is 0 Å². The third-order valence-corrected chi connectivity index (χ3v) is 1.25. The van der Waals surface area contributed by atoms with Crippen LogP contribution in [0.15, 0.2) is 23.1 Å². The summed E-state index contributed by atoms with van der Waals surface area (Å²) >= 11 is 3.65. The van der Waals surface area contributed by atoms with Gasteiger partial charge in [-0.2, -0.15) is 0 Å². The average molecular weight is 146 g/mol. The minimum atomic E-state index is -0.500. The summed E-state index contributed by atoms with van der Waals surface area (Å²) in [5.74, 6) is -0.971. The SMILES string of the molecule is Fc1ccc(F)c(S)c1. The Morgan fingerprint density at radius 2 is 1.89 bits per heavy atom. The van der Waals surface area contributed by atoms with Crippen molar-refractivity contribution >= 4 is 12.6 Å². The summed E-state index contributed by atoms with van der Waals surface area (Å²) in [4.78, 5) is 0.0370. The Hall–Kier alpha value is -0.570. The van der Waals surface area contributed by atoms with E-state index in [1.54, 1.807) is 0 Å². The molecule has 1 aromatic rings. The summed E-state index contributed by atoms with van der Waals surface area (Å²) < 4.78 is 24.4. The second-order valence-corrected chi connectivity index (χ2v) is 2.08. The first kappa shape index (κ1) is 6.55. The van der Waals surface area contributed by atoms with Gasteiger partial charge in [-0.25, -0.2) is 8.78 Å². The molecule has 9 heavy (non-hydrogen) atoms. The zero-order valence-corrected chi connectivity index (χ0v) is 5.33. The molecule has 0 spiro atoms. The van der Waals surface area contributed by atoms with Crippen molar-refractivity contribution in [1.82, 2.24) is 0 Å². The molecule has 0 aliphatic rings. The summed E-state index contributed by atoms with van der Waals surface area (Å²) in [6.07, 6.45) is 0. The van der Waals surface area contributed by atoms with Gasteiger partial charge in [0.05, 0.1) is 0 Å². The van der Waals surface area contributed by atoms with Crippen molar-refractivity contribution < 1.29 is 8.78 Å². The Labute approximate surface area is 56.9 Å². The molecule has 0 heterocycles. The van der Waals surface area contributed by atoms with Gasteiger partial charge in [-0.3, -0.25) is 0 Å². The van der Waals surface area contributed by atoms with Gasteiger partial charge < -0.3 is 0 Å². The quantitative estimate of drug-likeness (QED) is 0.533. The van der Waals surface area contributed by atoms with Gasteiger partial charge in [0.2, 0.25) is 0 Å². The number of hydrogen-bond acceptors (Lipinski definition) is 1. The molecule has 0 bridgehead atoms. The van der Waals surface area contributed by atoms with E-state index in [1.807, 2.05) is 0 Å². The molecule has 0 unspecified atom stereocenters. The number of halogens is 2. The molecule has 48 valence electrons. The second-order valence-electron chi connectivity index (χ2n) is 1.60. The van der Waals surface area contributed by atoms with E-state index in [4.69, 9.17) is 0 Å². The van der Waals surface area contributed by atoms with Crippen LogP contribution in [0.1, 0.15) is 0 Å². The molecule has 0 radical (unpaired) electrons. The molecule has 1 rings (SSSR count). The van der Waals surface area contributed by atoms with Crippen LogP contribution in [0.5, 0.6) is 0 Å². The zero-order chi connectivity index (χ0) is 6.85. The molecule has 0 N–H and O–H groups in total. The Morgan fingerprint density at radius 3 is 2.33 bits per heavy atom. The molecule has 0 nitrogen and oxygen atoms in total. The lowest BCUT2D eigenvalue weighted by Gasteiger charge is -1.91. The largest absolute Gasteiger partial charge is 0.207 e. The fourth-order valence-electron chi connectivity index (χ4n) is 0.486. The number of thiol groups is 1. The highest BCUT2D eigenvalue weighted by Gasteiger charge is 1.96. The van der Waals surface area contributed by atoms with Gasteiger partial charge >= 0.3 is 0 Å². The van der Waals surface area contributed by atoms with Crippen molar-refractivity contribution in [1.29, 1.82) is 0 Å². The van der Waals surface area contributed by atoms with Crippen LogP contribution in [0, 0.1) is 11.6 Å². The topological polar surface area (TPSA) is 0 Å². The fraction of sp³-hybridized carbons (Fsp3) is 0. The molecule has 0 atom stereocenters. The maximum atomic E-state index is 12.3. The second kappa shape index (κ2) is 2.35. The van der Waals surface area contributed by atoms with E-state index in [1.165, 1.54) is 0 Å². The summed E-state index contributed by atoms with van der Waals surface area (Å²) in [5.41, 5.74) is 0. The lowest BCUT2D eigenvalue weighted by molar-refractivity contribution is 0.578. The van der Waals surface area contributed by atoms with E-state index in [0.717, 1.165) is 18.2 Å². The van der Waals surface area contributed by atoms with Crippen molar-refractivity contribution in [3.05, 3.63) is 29.8 Å². The molecule has 0 aromatic heterocycles. The highest BCUT2D eigenvalue weighted by atomic mass is 32.1. The van der Waals surface area contributed by atoms with Gasteiger partial charge in [0.25, 0.3) is 0 Å². The van der Waals surface area contributed by atoms with Crippen LogP contribution < -0.4 is 0 Å². The van der Waals surface area contributed by atoms with Gasteiger partial charge in [-0.05, 0) is 18.2 Å². The Bertz CT molecular complexity index is 222. The van der Waals surface area contributed by atoms with E-state index >= 15 is 0 Å². The predicted molar refractivity (Wildman–Crippen MR) is 33.6 cm³/mol. The molecular weight excluding hydrogens is 142 g/mol. The van der Waals surface area contributed by atoms with Crippen molar-refractivity contribution in [3.63, 3.8) is 0 Å². The Morgan fingerprint density at radius 1 is 1.22 bits per heavy atom. The monoisotopic (exact) mass is 146 g/mol. The van der Waals surface area contributed by atoms with E-state index in [-0.39, 0.29) is 4.90 Å². The first-order valence-electron chi connectivity index (χ1n) is 2.34. The normalized spacial score (nSPS) is 9.67. The Kier molecular flexibility index (Phi) is 1.71. The van der Waals surface area contributed by atoms with Gasteiger partial charge in [0.15, 0.2) is 0 Å². The van der Waals surface area contributed by atoms with E-state index in [2.05, 4.69) is 12.6 Å². The van der Waals surface area contributed by atoms with Crippen molar-refractivity contribution in [2.45, 2.75) is 4.90 Å². The summed E-state index contributed by atoms with van der Waals surface area (Å²) in [5, 5.41) is 0. The third kappa shape index (κ3) is 1.42. The fourth-order valence-corrected chi connectivity index (χ4v) is 0.684. The Balaban J connectivity index is 3.17. The number of rotatable bonds is 0. The maximum Gasteiger partial charge on any atom is 0.136 e. The number of hydrogen-bond donors (Lipinski definition) is 1.